The van der Waals surface area contributed by atoms with E-state index < -0.39 is 28.4 Å². The Hall–Kier alpha value is -1.37. The van der Waals surface area contributed by atoms with Gasteiger partial charge < -0.3 is 0 Å². The monoisotopic (exact) mass is 191 g/mol. The van der Waals surface area contributed by atoms with E-state index in [2.05, 4.69) is 10.6 Å². The standard InChI is InChI=1S/C4H2ClN3O4/c5-2-1(8(11)12)3(9)7-4(10)6-2/h1-2H. The number of hydrogen-bond acceptors (Lipinski definition) is 4. The van der Waals surface area contributed by atoms with Gasteiger partial charge in [-0.15, -0.1) is 5.32 Å². The minimum Gasteiger partial charge on any atom is -0.264 e. The van der Waals surface area contributed by atoms with Crippen LogP contribution in [0.15, 0.2) is 0 Å². The third-order valence-corrected chi connectivity index (χ3v) is 1.52. The van der Waals surface area contributed by atoms with Gasteiger partial charge >= 0.3 is 18.0 Å². The van der Waals surface area contributed by atoms with Crippen LogP contribution in [-0.2, 0) is 4.79 Å². The number of carbonyl (C=O) groups is 2. The highest BCUT2D eigenvalue weighted by Crippen LogP contribution is 2.09. The molecule has 0 saturated carbocycles. The minimum absolute atomic E-state index is 0.917. The molecule has 1 saturated heterocycles. The topological polar surface area (TPSA) is 105 Å². The Morgan fingerprint density at radius 3 is 2.50 bits per heavy atom. The summed E-state index contributed by atoms with van der Waals surface area (Å²) >= 11 is 5.26. The summed E-state index contributed by atoms with van der Waals surface area (Å²) in [7, 11) is 0. The number of imide groups is 1. The fourth-order valence-corrected chi connectivity index (χ4v) is 0.957. The van der Waals surface area contributed by atoms with Crippen molar-refractivity contribution < 1.29 is 14.5 Å². The highest BCUT2D eigenvalue weighted by atomic mass is 35.5. The van der Waals surface area contributed by atoms with Crippen molar-refractivity contribution in [2.75, 3.05) is 0 Å². The molecule has 1 heterocycles. The fourth-order valence-electron chi connectivity index (χ4n) is 0.674. The maximum absolute atomic E-state index is 10.7. The van der Waals surface area contributed by atoms with Crippen LogP contribution in [0, 0.1) is 10.1 Å². The maximum atomic E-state index is 10.7. The van der Waals surface area contributed by atoms with Crippen molar-refractivity contribution in [2.45, 2.75) is 11.5 Å². The van der Waals surface area contributed by atoms with Crippen molar-refractivity contribution in [3.8, 4) is 0 Å². The molecule has 1 fully saturated rings. The molecule has 3 amide bonds. The Morgan fingerprint density at radius 2 is 2.08 bits per heavy atom. The Kier molecular flexibility index (Phi) is 2.13. The third-order valence-electron chi connectivity index (χ3n) is 1.18. The number of halogens is 1. The maximum Gasteiger partial charge on any atom is 0.367 e. The number of urea groups is 1. The van der Waals surface area contributed by atoms with E-state index in [9.17, 15) is 19.7 Å². The van der Waals surface area contributed by atoms with E-state index >= 15 is 0 Å². The Bertz CT molecular complexity index is 255. The lowest BCUT2D eigenvalue weighted by molar-refractivity contribution is -0.508. The van der Waals surface area contributed by atoms with Crippen molar-refractivity contribution in [3.05, 3.63) is 10.1 Å². The van der Waals surface area contributed by atoms with Crippen molar-refractivity contribution in [1.82, 2.24) is 10.6 Å². The zero-order valence-corrected chi connectivity index (χ0v) is 6.26. The second kappa shape index (κ2) is 2.94. The molecule has 1 aliphatic heterocycles. The molecular formula is C4H2ClN3O4. The van der Waals surface area contributed by atoms with Crippen LogP contribution in [-0.4, -0.2) is 28.4 Å². The SMILES string of the molecule is O=C1[N]C(=O)C([N+](=O)[O-])C(Cl)[N]1. The molecule has 0 bridgehead atoms. The van der Waals surface area contributed by atoms with Crippen LogP contribution in [0.1, 0.15) is 0 Å². The molecule has 2 unspecified atom stereocenters. The molecule has 0 aromatic carbocycles. The van der Waals surface area contributed by atoms with Crippen LogP contribution >= 0.6 is 11.6 Å². The van der Waals surface area contributed by atoms with E-state index in [0.717, 1.165) is 0 Å². The van der Waals surface area contributed by atoms with Gasteiger partial charge in [-0.05, 0) is 0 Å². The van der Waals surface area contributed by atoms with Crippen LogP contribution in [0.5, 0.6) is 0 Å². The fraction of sp³-hybridized carbons (Fsp3) is 0.500. The molecule has 12 heavy (non-hydrogen) atoms. The molecule has 1 rings (SSSR count). The molecule has 0 N–H and O–H groups in total. The Labute approximate surface area is 71.2 Å². The number of hydrogen-bond donors (Lipinski definition) is 0. The quantitative estimate of drug-likeness (QED) is 0.231. The number of rotatable bonds is 1. The molecule has 2 radical (unpaired) electrons. The van der Waals surface area contributed by atoms with Gasteiger partial charge in [0.15, 0.2) is 0 Å². The molecule has 2 atom stereocenters. The molecule has 64 valence electrons. The molecule has 1 aliphatic rings. The molecule has 8 heteroatoms. The summed E-state index contributed by atoms with van der Waals surface area (Å²) in [4.78, 5) is 30.3. The zero-order valence-electron chi connectivity index (χ0n) is 5.51. The lowest BCUT2D eigenvalue weighted by Gasteiger charge is -2.16. The zero-order chi connectivity index (χ0) is 9.30. The summed E-state index contributed by atoms with van der Waals surface area (Å²) in [5.74, 6) is -1.15. The highest BCUT2D eigenvalue weighted by molar-refractivity contribution is 6.24. The van der Waals surface area contributed by atoms with Crippen LogP contribution < -0.4 is 10.6 Å². The van der Waals surface area contributed by atoms with E-state index in [0.29, 0.717) is 0 Å². The second-order valence-corrected chi connectivity index (χ2v) is 2.41. The molecule has 0 aromatic heterocycles. The Morgan fingerprint density at radius 1 is 1.50 bits per heavy atom. The van der Waals surface area contributed by atoms with Gasteiger partial charge in [0.2, 0.25) is 5.50 Å². The molecule has 0 spiro atoms. The minimum atomic E-state index is -1.73. The summed E-state index contributed by atoms with van der Waals surface area (Å²) < 4.78 is 0. The molecule has 7 nitrogen and oxygen atoms in total. The first kappa shape index (κ1) is 8.72. The normalized spacial score (nSPS) is 29.1. The summed E-state index contributed by atoms with van der Waals surface area (Å²) in [6, 6.07) is -2.80. The highest BCUT2D eigenvalue weighted by Gasteiger charge is 2.46. The number of alkyl halides is 1. The van der Waals surface area contributed by atoms with Gasteiger partial charge in [0.1, 0.15) is 0 Å². The summed E-state index contributed by atoms with van der Waals surface area (Å²) in [5, 5.41) is 15.9. The van der Waals surface area contributed by atoms with E-state index in [1.165, 1.54) is 0 Å². The van der Waals surface area contributed by atoms with Crippen LogP contribution in [0.3, 0.4) is 0 Å². The van der Waals surface area contributed by atoms with E-state index in [-0.39, 0.29) is 0 Å². The molecule has 0 aliphatic carbocycles. The first-order valence-electron chi connectivity index (χ1n) is 2.80. The van der Waals surface area contributed by atoms with Crippen LogP contribution in [0.25, 0.3) is 0 Å². The first-order valence-corrected chi connectivity index (χ1v) is 3.24. The summed E-state index contributed by atoms with van der Waals surface area (Å²) in [5.41, 5.74) is -1.45. The van der Waals surface area contributed by atoms with Crippen LogP contribution in [0.2, 0.25) is 0 Å². The van der Waals surface area contributed by atoms with Gasteiger partial charge in [-0.3, -0.25) is 14.9 Å². The van der Waals surface area contributed by atoms with Gasteiger partial charge in [-0.25, -0.2) is 10.1 Å². The number of nitro groups is 1. The number of amides is 3. The number of carbonyl (C=O) groups excluding carboxylic acids is 2. The van der Waals surface area contributed by atoms with Crippen LogP contribution in [0.4, 0.5) is 4.79 Å². The molecular weight excluding hydrogens is 190 g/mol. The average molecular weight is 192 g/mol. The summed E-state index contributed by atoms with van der Waals surface area (Å²) in [6.07, 6.45) is 0. The largest absolute Gasteiger partial charge is 0.367 e. The number of nitrogens with zero attached hydrogens (tertiary/aromatic N) is 3. The van der Waals surface area contributed by atoms with E-state index in [1.54, 1.807) is 0 Å². The van der Waals surface area contributed by atoms with E-state index in [1.807, 2.05) is 0 Å². The van der Waals surface area contributed by atoms with E-state index in [4.69, 9.17) is 11.6 Å². The lowest BCUT2D eigenvalue weighted by atomic mass is 10.2. The van der Waals surface area contributed by atoms with Crippen molar-refractivity contribution >= 4 is 23.5 Å². The Balaban J connectivity index is 2.80. The predicted molar refractivity (Wildman–Crippen MR) is 35.1 cm³/mol. The average Bonchev–Trinajstić information content (AvgIpc) is 1.82. The second-order valence-electron chi connectivity index (χ2n) is 1.96. The predicted octanol–water partition coefficient (Wildman–Crippen LogP) is -0.934. The summed E-state index contributed by atoms with van der Waals surface area (Å²) in [6.45, 7) is 0. The van der Waals surface area contributed by atoms with Crippen molar-refractivity contribution in [1.29, 1.82) is 0 Å². The van der Waals surface area contributed by atoms with Gasteiger partial charge in [-0.2, -0.15) is 0 Å². The third kappa shape index (κ3) is 1.45. The first-order chi connectivity index (χ1) is 5.52. The van der Waals surface area contributed by atoms with Gasteiger partial charge in [0.25, 0.3) is 0 Å². The smallest absolute Gasteiger partial charge is 0.264 e. The van der Waals surface area contributed by atoms with Gasteiger partial charge in [0.05, 0.1) is 0 Å². The van der Waals surface area contributed by atoms with Crippen molar-refractivity contribution in [2.24, 2.45) is 0 Å². The van der Waals surface area contributed by atoms with Crippen molar-refractivity contribution in [3.63, 3.8) is 0 Å². The lowest BCUT2D eigenvalue weighted by Crippen LogP contribution is -2.55. The van der Waals surface area contributed by atoms with Gasteiger partial charge in [-0.1, -0.05) is 11.6 Å². The van der Waals surface area contributed by atoms with Gasteiger partial charge in [0, 0.05) is 4.92 Å². The molecule has 0 aromatic rings.